The number of benzene rings is 3. The molecule has 0 unspecified atom stereocenters. The normalized spacial score (nSPS) is 11.5. The second kappa shape index (κ2) is 5.41. The van der Waals surface area contributed by atoms with Crippen LogP contribution in [0.25, 0.3) is 21.7 Å². The van der Waals surface area contributed by atoms with Gasteiger partial charge in [0.2, 0.25) is 0 Å². The number of pyridine rings is 1. The van der Waals surface area contributed by atoms with Crippen molar-refractivity contribution in [3.63, 3.8) is 0 Å². The van der Waals surface area contributed by atoms with Gasteiger partial charge in [0, 0.05) is 23.2 Å². The zero-order chi connectivity index (χ0) is 14.8. The highest BCUT2D eigenvalue weighted by Crippen LogP contribution is 2.30. The van der Waals surface area contributed by atoms with E-state index in [1.54, 1.807) is 0 Å². The average Bonchev–Trinajstić information content (AvgIpc) is 2.60. The Morgan fingerprint density at radius 2 is 1.55 bits per heavy atom. The van der Waals surface area contributed by atoms with Crippen LogP contribution >= 0.6 is 0 Å². The maximum absolute atomic E-state index is 4.67. The van der Waals surface area contributed by atoms with Crippen molar-refractivity contribution >= 4 is 33.6 Å². The minimum absolute atomic E-state index is 0.979. The molecule has 4 aromatic rings. The molecule has 0 aliphatic rings. The van der Waals surface area contributed by atoms with Gasteiger partial charge < -0.3 is 0 Å². The lowest BCUT2D eigenvalue weighted by atomic mass is 10.0. The Morgan fingerprint density at radius 3 is 2.45 bits per heavy atom. The smallest absolute Gasteiger partial charge is 0.0708 e. The van der Waals surface area contributed by atoms with Crippen LogP contribution in [0.15, 0.2) is 84.0 Å². The number of fused-ring (bicyclic) bond motifs is 3. The van der Waals surface area contributed by atoms with Gasteiger partial charge in [-0.1, -0.05) is 54.6 Å². The van der Waals surface area contributed by atoms with Gasteiger partial charge in [0.15, 0.2) is 0 Å². The van der Waals surface area contributed by atoms with Crippen LogP contribution in [0.5, 0.6) is 0 Å². The molecule has 104 valence electrons. The SMILES string of the molecule is C(=Nc1cccc2c1ccc1ncccc12)c1ccccc1. The van der Waals surface area contributed by atoms with Crippen LogP contribution in [0.4, 0.5) is 5.69 Å². The fraction of sp³-hybridized carbons (Fsp3) is 0. The van der Waals surface area contributed by atoms with Crippen LogP contribution in [-0.4, -0.2) is 11.2 Å². The summed E-state index contributed by atoms with van der Waals surface area (Å²) in [5.41, 5.74) is 3.09. The lowest BCUT2D eigenvalue weighted by Crippen LogP contribution is -1.82. The van der Waals surface area contributed by atoms with Crippen LogP contribution in [-0.2, 0) is 0 Å². The minimum Gasteiger partial charge on any atom is -0.256 e. The zero-order valence-corrected chi connectivity index (χ0v) is 12.0. The van der Waals surface area contributed by atoms with Gasteiger partial charge in [-0.05, 0) is 29.1 Å². The van der Waals surface area contributed by atoms with Crippen molar-refractivity contribution < 1.29 is 0 Å². The third kappa shape index (κ3) is 2.25. The van der Waals surface area contributed by atoms with E-state index in [1.165, 1.54) is 5.39 Å². The largest absolute Gasteiger partial charge is 0.256 e. The number of aliphatic imine (C=N–C) groups is 1. The molecule has 0 saturated carbocycles. The molecule has 2 heteroatoms. The summed E-state index contributed by atoms with van der Waals surface area (Å²) in [4.78, 5) is 9.08. The molecule has 0 N–H and O–H groups in total. The van der Waals surface area contributed by atoms with Gasteiger partial charge in [0.25, 0.3) is 0 Å². The maximum atomic E-state index is 4.67. The summed E-state index contributed by atoms with van der Waals surface area (Å²) in [6, 6.07) is 24.6. The number of nitrogens with zero attached hydrogens (tertiary/aromatic N) is 2. The van der Waals surface area contributed by atoms with Gasteiger partial charge in [-0.25, -0.2) is 0 Å². The van der Waals surface area contributed by atoms with E-state index in [2.05, 4.69) is 34.2 Å². The van der Waals surface area contributed by atoms with Gasteiger partial charge in [0.1, 0.15) is 0 Å². The fourth-order valence-corrected chi connectivity index (χ4v) is 2.70. The van der Waals surface area contributed by atoms with Crippen LogP contribution < -0.4 is 0 Å². The first-order chi connectivity index (χ1) is 10.9. The molecule has 0 fully saturated rings. The quantitative estimate of drug-likeness (QED) is 0.369. The predicted octanol–water partition coefficient (Wildman–Crippen LogP) is 5.14. The fourth-order valence-electron chi connectivity index (χ4n) is 2.70. The minimum atomic E-state index is 0.979. The van der Waals surface area contributed by atoms with E-state index in [0.29, 0.717) is 0 Å². The Hall–Kier alpha value is -3.00. The Morgan fingerprint density at radius 1 is 0.682 bits per heavy atom. The van der Waals surface area contributed by atoms with Crippen LogP contribution in [0, 0.1) is 0 Å². The number of hydrogen-bond donors (Lipinski definition) is 0. The molecule has 1 aromatic heterocycles. The highest BCUT2D eigenvalue weighted by atomic mass is 14.7. The second-order valence-electron chi connectivity index (χ2n) is 5.18. The molecular formula is C20H14N2. The summed E-state index contributed by atoms with van der Waals surface area (Å²) in [6.45, 7) is 0. The highest BCUT2D eigenvalue weighted by molar-refractivity contribution is 6.10. The Labute approximate surface area is 128 Å². The van der Waals surface area contributed by atoms with Crippen molar-refractivity contribution in [2.75, 3.05) is 0 Å². The summed E-state index contributed by atoms with van der Waals surface area (Å²) in [5, 5.41) is 3.50. The van der Waals surface area contributed by atoms with E-state index in [1.807, 2.05) is 60.9 Å². The standard InChI is InChI=1S/C20H14N2/c1-2-6-15(7-3-1)14-22-19-10-4-8-16-17-9-5-13-21-20(17)12-11-18(16)19/h1-14H. The summed E-state index contributed by atoms with van der Waals surface area (Å²) in [5.74, 6) is 0. The van der Waals surface area contributed by atoms with Gasteiger partial charge in [-0.2, -0.15) is 0 Å². The van der Waals surface area contributed by atoms with Crippen molar-refractivity contribution in [2.24, 2.45) is 4.99 Å². The third-order valence-electron chi connectivity index (χ3n) is 3.77. The van der Waals surface area contributed by atoms with Gasteiger partial charge >= 0.3 is 0 Å². The van der Waals surface area contributed by atoms with Crippen LogP contribution in [0.1, 0.15) is 5.56 Å². The van der Waals surface area contributed by atoms with E-state index in [9.17, 15) is 0 Å². The van der Waals surface area contributed by atoms with Crippen LogP contribution in [0.2, 0.25) is 0 Å². The zero-order valence-electron chi connectivity index (χ0n) is 12.0. The summed E-state index contributed by atoms with van der Waals surface area (Å²) < 4.78 is 0. The van der Waals surface area contributed by atoms with E-state index in [0.717, 1.165) is 27.5 Å². The van der Waals surface area contributed by atoms with E-state index in [-0.39, 0.29) is 0 Å². The first kappa shape index (κ1) is 12.7. The van der Waals surface area contributed by atoms with Crippen molar-refractivity contribution in [3.05, 3.63) is 84.6 Å². The molecule has 0 radical (unpaired) electrons. The first-order valence-electron chi connectivity index (χ1n) is 7.27. The Bertz CT molecular complexity index is 972. The highest BCUT2D eigenvalue weighted by Gasteiger charge is 2.03. The van der Waals surface area contributed by atoms with Crippen molar-refractivity contribution in [3.8, 4) is 0 Å². The van der Waals surface area contributed by atoms with Gasteiger partial charge in [-0.3, -0.25) is 9.98 Å². The van der Waals surface area contributed by atoms with E-state index in [4.69, 9.17) is 0 Å². The van der Waals surface area contributed by atoms with Crippen molar-refractivity contribution in [1.82, 2.24) is 4.98 Å². The lowest BCUT2D eigenvalue weighted by Gasteiger charge is -2.05. The molecular weight excluding hydrogens is 268 g/mol. The molecule has 0 bridgehead atoms. The molecule has 0 amide bonds. The molecule has 2 nitrogen and oxygen atoms in total. The summed E-state index contributed by atoms with van der Waals surface area (Å²) >= 11 is 0. The van der Waals surface area contributed by atoms with Crippen LogP contribution in [0.3, 0.4) is 0 Å². The second-order valence-corrected chi connectivity index (χ2v) is 5.18. The average molecular weight is 282 g/mol. The van der Waals surface area contributed by atoms with Crippen molar-refractivity contribution in [2.45, 2.75) is 0 Å². The summed E-state index contributed by atoms with van der Waals surface area (Å²) in [7, 11) is 0. The molecule has 1 heterocycles. The third-order valence-corrected chi connectivity index (χ3v) is 3.77. The van der Waals surface area contributed by atoms with Gasteiger partial charge in [-0.15, -0.1) is 0 Å². The number of hydrogen-bond acceptors (Lipinski definition) is 2. The van der Waals surface area contributed by atoms with E-state index >= 15 is 0 Å². The topological polar surface area (TPSA) is 25.2 Å². The summed E-state index contributed by atoms with van der Waals surface area (Å²) in [6.07, 6.45) is 3.73. The van der Waals surface area contributed by atoms with E-state index < -0.39 is 0 Å². The number of rotatable bonds is 2. The molecule has 4 rings (SSSR count). The lowest BCUT2D eigenvalue weighted by molar-refractivity contribution is 1.42. The molecule has 0 spiro atoms. The first-order valence-corrected chi connectivity index (χ1v) is 7.27. The molecule has 0 aliphatic carbocycles. The monoisotopic (exact) mass is 282 g/mol. The molecule has 0 aliphatic heterocycles. The maximum Gasteiger partial charge on any atom is 0.0708 e. The molecule has 0 atom stereocenters. The number of aromatic nitrogens is 1. The molecule has 3 aromatic carbocycles. The molecule has 0 saturated heterocycles. The van der Waals surface area contributed by atoms with Crippen molar-refractivity contribution in [1.29, 1.82) is 0 Å². The molecule has 22 heavy (non-hydrogen) atoms. The van der Waals surface area contributed by atoms with Gasteiger partial charge in [0.05, 0.1) is 11.2 Å². The predicted molar refractivity (Wildman–Crippen MR) is 92.9 cm³/mol. The Kier molecular flexibility index (Phi) is 3.13. The Balaban J connectivity index is 1.88.